The quantitative estimate of drug-likeness (QED) is 0.522. The SMILES string of the molecule is COCCN1C(=O)C(O)=C(C(=O)c2cc3cc(Cl)cc(OC)c3o2)C1c1cccc(C)c1. The third-order valence-electron chi connectivity index (χ3n) is 5.43. The maximum absolute atomic E-state index is 13.5. The van der Waals surface area contributed by atoms with Crippen LogP contribution in [0.3, 0.4) is 0 Å². The summed E-state index contributed by atoms with van der Waals surface area (Å²) in [5, 5.41) is 11.7. The Balaban J connectivity index is 1.83. The molecule has 8 heteroatoms. The molecule has 1 N–H and O–H groups in total. The number of benzene rings is 2. The number of amides is 1. The Morgan fingerprint density at radius 3 is 2.69 bits per heavy atom. The van der Waals surface area contributed by atoms with Gasteiger partial charge in [0.15, 0.2) is 22.9 Å². The molecule has 0 saturated heterocycles. The fourth-order valence-electron chi connectivity index (χ4n) is 3.97. The minimum Gasteiger partial charge on any atom is -0.503 e. The Hall–Kier alpha value is -3.29. The second kappa shape index (κ2) is 8.68. The standard InChI is InChI=1S/C24H22ClNO6/c1-13-5-4-6-14(9-13)20-19(22(28)24(29)26(20)7-8-30-2)21(27)17-11-15-10-16(25)12-18(31-3)23(15)32-17/h4-6,9-12,20,28H,7-8H2,1-3H3. The fraction of sp³-hybridized carbons (Fsp3) is 0.250. The summed E-state index contributed by atoms with van der Waals surface area (Å²) in [6, 6.07) is 11.4. The Bertz CT molecular complexity index is 1240. The molecule has 0 spiro atoms. The number of Topliss-reactive ketones (excluding diaryl/α,β-unsaturated/α-hetero) is 1. The van der Waals surface area contributed by atoms with Gasteiger partial charge in [0, 0.05) is 30.1 Å². The number of fused-ring (bicyclic) bond motifs is 1. The largest absolute Gasteiger partial charge is 0.503 e. The first-order valence-corrected chi connectivity index (χ1v) is 10.3. The Labute approximate surface area is 189 Å². The van der Waals surface area contributed by atoms with Gasteiger partial charge >= 0.3 is 0 Å². The van der Waals surface area contributed by atoms with Gasteiger partial charge in [0.1, 0.15) is 0 Å². The molecule has 3 aromatic rings. The van der Waals surface area contributed by atoms with Gasteiger partial charge in [-0.3, -0.25) is 9.59 Å². The van der Waals surface area contributed by atoms with E-state index in [1.165, 1.54) is 25.2 Å². The average molecular weight is 456 g/mol. The number of aliphatic hydroxyl groups excluding tert-OH is 1. The molecule has 0 fully saturated rings. The van der Waals surface area contributed by atoms with E-state index in [1.807, 2.05) is 31.2 Å². The number of aliphatic hydroxyl groups is 1. The summed E-state index contributed by atoms with van der Waals surface area (Å²) >= 11 is 6.13. The van der Waals surface area contributed by atoms with Crippen molar-refractivity contribution in [3.63, 3.8) is 0 Å². The van der Waals surface area contributed by atoms with E-state index in [0.29, 0.717) is 27.3 Å². The third-order valence-corrected chi connectivity index (χ3v) is 5.65. The molecule has 0 saturated carbocycles. The van der Waals surface area contributed by atoms with Crippen LogP contribution in [0.2, 0.25) is 5.02 Å². The van der Waals surface area contributed by atoms with Crippen LogP contribution in [0.15, 0.2) is 58.2 Å². The van der Waals surface area contributed by atoms with Gasteiger partial charge in [-0.25, -0.2) is 0 Å². The van der Waals surface area contributed by atoms with Crippen LogP contribution in [0.5, 0.6) is 5.75 Å². The van der Waals surface area contributed by atoms with Crippen LogP contribution in [-0.4, -0.2) is 49.1 Å². The zero-order chi connectivity index (χ0) is 23.0. The molecule has 32 heavy (non-hydrogen) atoms. The van der Waals surface area contributed by atoms with Crippen LogP contribution in [-0.2, 0) is 9.53 Å². The number of ether oxygens (including phenoxy) is 2. The molecule has 1 aliphatic heterocycles. The van der Waals surface area contributed by atoms with Gasteiger partial charge < -0.3 is 23.9 Å². The summed E-state index contributed by atoms with van der Waals surface area (Å²) < 4.78 is 16.2. The smallest absolute Gasteiger partial charge is 0.290 e. The highest BCUT2D eigenvalue weighted by atomic mass is 35.5. The number of furan rings is 1. The molecule has 2 heterocycles. The van der Waals surface area contributed by atoms with E-state index in [2.05, 4.69) is 0 Å². The predicted molar refractivity (Wildman–Crippen MR) is 119 cm³/mol. The molecule has 0 bridgehead atoms. The molecule has 0 aliphatic carbocycles. The van der Waals surface area contributed by atoms with E-state index in [1.54, 1.807) is 12.1 Å². The Kier molecular flexibility index (Phi) is 5.95. The number of carbonyl (C=O) groups is 2. The second-order valence-corrected chi connectivity index (χ2v) is 7.97. The van der Waals surface area contributed by atoms with Crippen molar-refractivity contribution in [2.45, 2.75) is 13.0 Å². The summed E-state index contributed by atoms with van der Waals surface area (Å²) in [5.41, 5.74) is 1.98. The number of ketones is 1. The van der Waals surface area contributed by atoms with E-state index in [4.69, 9.17) is 25.5 Å². The first kappa shape index (κ1) is 21.9. The van der Waals surface area contributed by atoms with Crippen molar-refractivity contribution in [3.05, 3.63) is 75.7 Å². The lowest BCUT2D eigenvalue weighted by molar-refractivity contribution is -0.130. The summed E-state index contributed by atoms with van der Waals surface area (Å²) in [7, 11) is 3.00. The zero-order valence-corrected chi connectivity index (χ0v) is 18.6. The molecular weight excluding hydrogens is 434 g/mol. The van der Waals surface area contributed by atoms with Crippen molar-refractivity contribution in [2.24, 2.45) is 0 Å². The maximum Gasteiger partial charge on any atom is 0.290 e. The molecule has 2 aromatic carbocycles. The van der Waals surface area contributed by atoms with Crippen LogP contribution in [0.25, 0.3) is 11.0 Å². The molecule has 7 nitrogen and oxygen atoms in total. The van der Waals surface area contributed by atoms with Gasteiger partial charge in [-0.1, -0.05) is 41.4 Å². The number of aryl methyl sites for hydroxylation is 1. The molecule has 1 aromatic heterocycles. The molecule has 166 valence electrons. The molecule has 1 amide bonds. The van der Waals surface area contributed by atoms with Crippen LogP contribution < -0.4 is 4.74 Å². The van der Waals surface area contributed by atoms with Gasteiger partial charge in [0.25, 0.3) is 5.91 Å². The highest BCUT2D eigenvalue weighted by molar-refractivity contribution is 6.31. The fourth-order valence-corrected chi connectivity index (χ4v) is 4.19. The summed E-state index contributed by atoms with van der Waals surface area (Å²) in [4.78, 5) is 27.9. The molecule has 1 atom stereocenters. The average Bonchev–Trinajstić information content (AvgIpc) is 3.30. The van der Waals surface area contributed by atoms with Gasteiger partial charge in [-0.05, 0) is 24.6 Å². The van der Waals surface area contributed by atoms with Crippen LogP contribution in [0.4, 0.5) is 0 Å². The molecule has 1 unspecified atom stereocenters. The minimum absolute atomic E-state index is 0.0267. The van der Waals surface area contributed by atoms with Crippen molar-refractivity contribution >= 4 is 34.3 Å². The van der Waals surface area contributed by atoms with Crippen molar-refractivity contribution < 1.29 is 28.6 Å². The first-order valence-electron chi connectivity index (χ1n) is 9.97. The van der Waals surface area contributed by atoms with Gasteiger partial charge in [-0.2, -0.15) is 0 Å². The van der Waals surface area contributed by atoms with E-state index in [-0.39, 0.29) is 24.5 Å². The highest BCUT2D eigenvalue weighted by Gasteiger charge is 2.44. The molecule has 0 radical (unpaired) electrons. The number of halogens is 1. The van der Waals surface area contributed by atoms with E-state index in [0.717, 1.165) is 5.56 Å². The predicted octanol–water partition coefficient (Wildman–Crippen LogP) is 4.63. The number of hydrogen-bond acceptors (Lipinski definition) is 6. The lowest BCUT2D eigenvalue weighted by Crippen LogP contribution is -2.34. The summed E-state index contributed by atoms with van der Waals surface area (Å²) in [5.74, 6) is -1.46. The topological polar surface area (TPSA) is 89.2 Å². The lowest BCUT2D eigenvalue weighted by atomic mass is 9.94. The van der Waals surface area contributed by atoms with Crippen molar-refractivity contribution in [3.8, 4) is 5.75 Å². The van der Waals surface area contributed by atoms with Crippen molar-refractivity contribution in [1.82, 2.24) is 4.90 Å². The van der Waals surface area contributed by atoms with Crippen LogP contribution in [0.1, 0.15) is 27.7 Å². The molecule has 4 rings (SSSR count). The molecular formula is C24H22ClNO6. The summed E-state index contributed by atoms with van der Waals surface area (Å²) in [6.07, 6.45) is 0. The number of methoxy groups -OCH3 is 2. The van der Waals surface area contributed by atoms with Gasteiger partial charge in [-0.15, -0.1) is 0 Å². The first-order chi connectivity index (χ1) is 15.3. The van der Waals surface area contributed by atoms with Gasteiger partial charge in [0.05, 0.1) is 25.3 Å². The van der Waals surface area contributed by atoms with E-state index >= 15 is 0 Å². The summed E-state index contributed by atoms with van der Waals surface area (Å²) in [6.45, 7) is 2.38. The van der Waals surface area contributed by atoms with E-state index < -0.39 is 23.5 Å². The number of nitrogens with zero attached hydrogens (tertiary/aromatic N) is 1. The normalized spacial score (nSPS) is 16.3. The van der Waals surface area contributed by atoms with Crippen molar-refractivity contribution in [2.75, 3.05) is 27.4 Å². The van der Waals surface area contributed by atoms with E-state index in [9.17, 15) is 14.7 Å². The Morgan fingerprint density at radius 2 is 2.00 bits per heavy atom. The number of carbonyl (C=O) groups excluding carboxylic acids is 2. The second-order valence-electron chi connectivity index (χ2n) is 7.54. The van der Waals surface area contributed by atoms with Crippen LogP contribution in [0, 0.1) is 6.92 Å². The molecule has 1 aliphatic rings. The number of hydrogen-bond donors (Lipinski definition) is 1. The highest BCUT2D eigenvalue weighted by Crippen LogP contribution is 2.40. The van der Waals surface area contributed by atoms with Crippen LogP contribution >= 0.6 is 11.6 Å². The van der Waals surface area contributed by atoms with Gasteiger partial charge in [0.2, 0.25) is 5.78 Å². The Morgan fingerprint density at radius 1 is 1.22 bits per heavy atom. The monoisotopic (exact) mass is 455 g/mol. The zero-order valence-electron chi connectivity index (χ0n) is 17.8. The van der Waals surface area contributed by atoms with Crippen molar-refractivity contribution in [1.29, 1.82) is 0 Å². The maximum atomic E-state index is 13.5. The third kappa shape index (κ3) is 3.74. The minimum atomic E-state index is -0.774. The lowest BCUT2D eigenvalue weighted by Gasteiger charge is -2.26. The number of rotatable bonds is 7.